The Labute approximate surface area is 129 Å². The van der Waals surface area contributed by atoms with E-state index in [1.807, 2.05) is 32.9 Å². The summed E-state index contributed by atoms with van der Waals surface area (Å²) >= 11 is 1.40. The van der Waals surface area contributed by atoms with Gasteiger partial charge in [0.05, 0.1) is 10.9 Å². The SMILES string of the molecule is CCN(CC)C(=O)C[C@@H]1Sc2ncccc2N(CC)C1=O. The summed E-state index contributed by atoms with van der Waals surface area (Å²) < 4.78 is 0. The summed E-state index contributed by atoms with van der Waals surface area (Å²) in [6.45, 7) is 7.78. The molecule has 2 amide bonds. The lowest BCUT2D eigenvalue weighted by Crippen LogP contribution is -2.43. The highest BCUT2D eigenvalue weighted by atomic mass is 32.2. The lowest BCUT2D eigenvalue weighted by atomic mass is 10.2. The second kappa shape index (κ2) is 6.93. The van der Waals surface area contributed by atoms with Crippen LogP contribution >= 0.6 is 11.8 Å². The molecule has 0 spiro atoms. The van der Waals surface area contributed by atoms with Gasteiger partial charge >= 0.3 is 0 Å². The lowest BCUT2D eigenvalue weighted by Gasteiger charge is -2.32. The summed E-state index contributed by atoms with van der Waals surface area (Å²) in [5.74, 6) is 0.0322. The van der Waals surface area contributed by atoms with Crippen molar-refractivity contribution in [1.29, 1.82) is 0 Å². The molecule has 1 aliphatic heterocycles. The second-order valence-corrected chi connectivity index (χ2v) is 5.98. The lowest BCUT2D eigenvalue weighted by molar-refractivity contribution is -0.132. The number of fused-ring (bicyclic) bond motifs is 1. The Morgan fingerprint density at radius 2 is 2.10 bits per heavy atom. The molecule has 0 bridgehead atoms. The predicted molar refractivity (Wildman–Crippen MR) is 84.5 cm³/mol. The summed E-state index contributed by atoms with van der Waals surface area (Å²) in [5, 5.41) is 0.455. The van der Waals surface area contributed by atoms with Crippen LogP contribution in [-0.4, -0.2) is 46.6 Å². The van der Waals surface area contributed by atoms with Crippen molar-refractivity contribution < 1.29 is 9.59 Å². The van der Waals surface area contributed by atoms with Crippen molar-refractivity contribution in [2.45, 2.75) is 37.5 Å². The minimum absolute atomic E-state index is 0.00325. The second-order valence-electron chi connectivity index (χ2n) is 4.79. The fourth-order valence-corrected chi connectivity index (χ4v) is 3.62. The standard InChI is InChI=1S/C15H21N3O2S/c1-4-17(5-2)13(19)10-12-15(20)18(6-3)11-8-7-9-16-14(11)21-12/h7-9,12H,4-6,10H2,1-3H3/t12-/m0/s1. The number of carbonyl (C=O) groups excluding carboxylic acids is 2. The third kappa shape index (κ3) is 3.20. The molecule has 2 heterocycles. The van der Waals surface area contributed by atoms with E-state index in [-0.39, 0.29) is 23.5 Å². The van der Waals surface area contributed by atoms with Gasteiger partial charge in [-0.15, -0.1) is 0 Å². The first kappa shape index (κ1) is 15.8. The zero-order valence-electron chi connectivity index (χ0n) is 12.7. The van der Waals surface area contributed by atoms with Gasteiger partial charge in [-0.2, -0.15) is 0 Å². The summed E-state index contributed by atoms with van der Waals surface area (Å²) in [4.78, 5) is 32.6. The van der Waals surface area contributed by atoms with Gasteiger partial charge in [0.2, 0.25) is 11.8 Å². The predicted octanol–water partition coefficient (Wildman–Crippen LogP) is 2.17. The van der Waals surface area contributed by atoms with Gasteiger partial charge in [0.25, 0.3) is 0 Å². The van der Waals surface area contributed by atoms with Crippen LogP contribution < -0.4 is 4.90 Å². The van der Waals surface area contributed by atoms with E-state index in [2.05, 4.69) is 4.98 Å². The average Bonchev–Trinajstić information content (AvgIpc) is 2.49. The molecular weight excluding hydrogens is 286 g/mol. The molecule has 1 atom stereocenters. The minimum Gasteiger partial charge on any atom is -0.343 e. The zero-order chi connectivity index (χ0) is 15.4. The van der Waals surface area contributed by atoms with Crippen LogP contribution in [0.15, 0.2) is 23.4 Å². The van der Waals surface area contributed by atoms with Gasteiger partial charge in [0.15, 0.2) is 0 Å². The number of anilines is 1. The quantitative estimate of drug-likeness (QED) is 0.836. The van der Waals surface area contributed by atoms with E-state index in [1.165, 1.54) is 11.8 Å². The van der Waals surface area contributed by atoms with Crippen molar-refractivity contribution in [2.24, 2.45) is 0 Å². The zero-order valence-corrected chi connectivity index (χ0v) is 13.5. The molecule has 114 valence electrons. The maximum absolute atomic E-state index is 12.6. The number of aromatic nitrogens is 1. The third-order valence-corrected chi connectivity index (χ3v) is 4.82. The molecule has 0 aliphatic carbocycles. The van der Waals surface area contributed by atoms with Gasteiger partial charge in [-0.05, 0) is 32.9 Å². The molecule has 6 heteroatoms. The molecule has 0 saturated heterocycles. The molecule has 5 nitrogen and oxygen atoms in total. The molecule has 0 fully saturated rings. The molecule has 21 heavy (non-hydrogen) atoms. The van der Waals surface area contributed by atoms with Crippen LogP contribution in [0.3, 0.4) is 0 Å². The van der Waals surface area contributed by atoms with E-state index in [0.29, 0.717) is 19.6 Å². The molecule has 0 unspecified atom stereocenters. The fourth-order valence-electron chi connectivity index (χ4n) is 2.48. The van der Waals surface area contributed by atoms with Crippen LogP contribution in [0.2, 0.25) is 0 Å². The molecule has 1 aromatic rings. The highest BCUT2D eigenvalue weighted by Gasteiger charge is 2.35. The number of hydrogen-bond donors (Lipinski definition) is 0. The Balaban J connectivity index is 2.19. The highest BCUT2D eigenvalue weighted by Crippen LogP contribution is 2.38. The minimum atomic E-state index is -0.375. The molecule has 1 aliphatic rings. The van der Waals surface area contributed by atoms with Crippen molar-refractivity contribution in [2.75, 3.05) is 24.5 Å². The monoisotopic (exact) mass is 307 g/mol. The summed E-state index contributed by atoms with van der Waals surface area (Å²) in [7, 11) is 0. The number of amides is 2. The number of rotatable bonds is 5. The van der Waals surface area contributed by atoms with E-state index in [0.717, 1.165) is 10.7 Å². The van der Waals surface area contributed by atoms with Crippen molar-refractivity contribution >= 4 is 29.3 Å². The molecule has 1 aromatic heterocycles. The van der Waals surface area contributed by atoms with Crippen LogP contribution in [0, 0.1) is 0 Å². The normalized spacial score (nSPS) is 17.6. The maximum atomic E-state index is 12.6. The van der Waals surface area contributed by atoms with E-state index >= 15 is 0 Å². The van der Waals surface area contributed by atoms with Crippen molar-refractivity contribution in [3.8, 4) is 0 Å². The maximum Gasteiger partial charge on any atom is 0.241 e. The van der Waals surface area contributed by atoms with E-state index in [4.69, 9.17) is 0 Å². The van der Waals surface area contributed by atoms with Crippen LogP contribution in [-0.2, 0) is 9.59 Å². The average molecular weight is 307 g/mol. The number of pyridine rings is 1. The first-order chi connectivity index (χ1) is 10.1. The van der Waals surface area contributed by atoms with Gasteiger partial charge in [-0.1, -0.05) is 11.8 Å². The first-order valence-electron chi connectivity index (χ1n) is 7.33. The molecule has 0 saturated carbocycles. The number of nitrogens with zero attached hydrogens (tertiary/aromatic N) is 3. The van der Waals surface area contributed by atoms with Crippen LogP contribution in [0.5, 0.6) is 0 Å². The number of hydrogen-bond acceptors (Lipinski definition) is 4. The van der Waals surface area contributed by atoms with Crippen LogP contribution in [0.25, 0.3) is 0 Å². The Morgan fingerprint density at radius 1 is 1.38 bits per heavy atom. The van der Waals surface area contributed by atoms with Gasteiger partial charge in [-0.3, -0.25) is 9.59 Å². The molecule has 2 rings (SSSR count). The Bertz CT molecular complexity index is 531. The fraction of sp³-hybridized carbons (Fsp3) is 0.533. The first-order valence-corrected chi connectivity index (χ1v) is 8.21. The number of thioether (sulfide) groups is 1. The van der Waals surface area contributed by atoms with Crippen molar-refractivity contribution in [1.82, 2.24) is 9.88 Å². The molecular formula is C15H21N3O2S. The number of carbonyl (C=O) groups is 2. The van der Waals surface area contributed by atoms with E-state index in [1.54, 1.807) is 16.0 Å². The highest BCUT2D eigenvalue weighted by molar-refractivity contribution is 8.00. The Kier molecular flexibility index (Phi) is 5.22. The van der Waals surface area contributed by atoms with Crippen LogP contribution in [0.1, 0.15) is 27.2 Å². The third-order valence-electron chi connectivity index (χ3n) is 3.63. The van der Waals surface area contributed by atoms with Crippen LogP contribution in [0.4, 0.5) is 5.69 Å². The molecule has 0 aromatic carbocycles. The molecule has 0 N–H and O–H groups in total. The Morgan fingerprint density at radius 3 is 2.71 bits per heavy atom. The Hall–Kier alpha value is -1.56. The molecule has 0 radical (unpaired) electrons. The smallest absolute Gasteiger partial charge is 0.241 e. The topological polar surface area (TPSA) is 53.5 Å². The van der Waals surface area contributed by atoms with Crippen molar-refractivity contribution in [3.63, 3.8) is 0 Å². The summed E-state index contributed by atoms with van der Waals surface area (Å²) in [6.07, 6.45) is 1.95. The van der Waals surface area contributed by atoms with E-state index < -0.39 is 0 Å². The van der Waals surface area contributed by atoms with Gasteiger partial charge in [0.1, 0.15) is 5.03 Å². The summed E-state index contributed by atoms with van der Waals surface area (Å²) in [6, 6.07) is 3.73. The largest absolute Gasteiger partial charge is 0.343 e. The van der Waals surface area contributed by atoms with E-state index in [9.17, 15) is 9.59 Å². The van der Waals surface area contributed by atoms with Gasteiger partial charge in [0, 0.05) is 32.3 Å². The van der Waals surface area contributed by atoms with Crippen molar-refractivity contribution in [3.05, 3.63) is 18.3 Å². The summed E-state index contributed by atoms with van der Waals surface area (Å²) in [5.41, 5.74) is 0.849. The van der Waals surface area contributed by atoms with Gasteiger partial charge in [-0.25, -0.2) is 4.98 Å². The van der Waals surface area contributed by atoms with Gasteiger partial charge < -0.3 is 9.80 Å².